The highest BCUT2D eigenvalue weighted by Gasteiger charge is 2.16. The van der Waals surface area contributed by atoms with Crippen molar-refractivity contribution in [2.75, 3.05) is 6.54 Å². The van der Waals surface area contributed by atoms with Gasteiger partial charge in [-0.1, -0.05) is 6.58 Å². The van der Waals surface area contributed by atoms with Gasteiger partial charge in [0.2, 0.25) is 5.91 Å². The molecule has 2 N–H and O–H groups in total. The monoisotopic (exact) mass is 214 g/mol. The predicted octanol–water partition coefficient (Wildman–Crippen LogP) is 1.16. The van der Waals surface area contributed by atoms with Crippen LogP contribution in [0.5, 0.6) is 0 Å². The number of rotatable bonds is 3. The second kappa shape index (κ2) is 5.38. The molecule has 0 aliphatic heterocycles. The zero-order chi connectivity index (χ0) is 12.1. The molecular formula is C10H18N2O3. The molecule has 0 aliphatic carbocycles. The number of carbonyl (C=O) groups excluding carboxylic acids is 2. The average Bonchev–Trinajstić information content (AvgIpc) is 1.96. The van der Waals surface area contributed by atoms with Gasteiger partial charge in [-0.15, -0.1) is 0 Å². The maximum Gasteiger partial charge on any atom is 0.408 e. The lowest BCUT2D eigenvalue weighted by Crippen LogP contribution is -2.39. The van der Waals surface area contributed by atoms with Gasteiger partial charge in [0.15, 0.2) is 0 Å². The van der Waals surface area contributed by atoms with E-state index in [0.29, 0.717) is 5.70 Å². The second-order valence-electron chi connectivity index (χ2n) is 4.18. The summed E-state index contributed by atoms with van der Waals surface area (Å²) >= 11 is 0. The number of amides is 2. The fourth-order valence-electron chi connectivity index (χ4n) is 0.749. The minimum Gasteiger partial charge on any atom is -0.444 e. The van der Waals surface area contributed by atoms with Gasteiger partial charge in [0, 0.05) is 5.70 Å². The third kappa shape index (κ3) is 8.80. The van der Waals surface area contributed by atoms with Gasteiger partial charge in [-0.3, -0.25) is 4.79 Å². The number of allylic oxidation sites excluding steroid dienone is 1. The molecular weight excluding hydrogens is 196 g/mol. The Hall–Kier alpha value is -1.52. The zero-order valence-corrected chi connectivity index (χ0v) is 9.64. The van der Waals surface area contributed by atoms with E-state index in [0.717, 1.165) is 0 Å². The van der Waals surface area contributed by atoms with Crippen molar-refractivity contribution in [2.45, 2.75) is 33.3 Å². The first-order valence-electron chi connectivity index (χ1n) is 4.63. The molecule has 0 aliphatic rings. The highest BCUT2D eigenvalue weighted by molar-refractivity contribution is 5.83. The van der Waals surface area contributed by atoms with Crippen LogP contribution in [0.25, 0.3) is 0 Å². The molecule has 0 aromatic carbocycles. The first-order valence-corrected chi connectivity index (χ1v) is 4.63. The maximum atomic E-state index is 11.1. The molecule has 0 atom stereocenters. The van der Waals surface area contributed by atoms with E-state index in [1.807, 2.05) is 0 Å². The molecule has 0 unspecified atom stereocenters. The van der Waals surface area contributed by atoms with Gasteiger partial charge in [-0.2, -0.15) is 0 Å². The highest BCUT2D eigenvalue weighted by Crippen LogP contribution is 2.05. The van der Waals surface area contributed by atoms with Crippen molar-refractivity contribution in [2.24, 2.45) is 0 Å². The summed E-state index contributed by atoms with van der Waals surface area (Å²) in [5, 5.41) is 4.79. The summed E-state index contributed by atoms with van der Waals surface area (Å²) in [5.74, 6) is -0.326. The Kier molecular flexibility index (Phi) is 4.84. The van der Waals surface area contributed by atoms with E-state index >= 15 is 0 Å². The number of ether oxygens (including phenoxy) is 1. The molecule has 0 aromatic heterocycles. The molecule has 0 saturated carbocycles. The summed E-state index contributed by atoms with van der Waals surface area (Å²) in [6.45, 7) is 10.3. The van der Waals surface area contributed by atoms with Crippen LogP contribution >= 0.6 is 0 Å². The summed E-state index contributed by atoms with van der Waals surface area (Å²) in [4.78, 5) is 22.2. The van der Waals surface area contributed by atoms with Crippen molar-refractivity contribution >= 4 is 12.0 Å². The van der Waals surface area contributed by atoms with Crippen LogP contribution in [0.15, 0.2) is 12.3 Å². The number of hydrogen-bond acceptors (Lipinski definition) is 3. The molecule has 0 spiro atoms. The summed E-state index contributed by atoms with van der Waals surface area (Å²) in [6.07, 6.45) is -0.612. The van der Waals surface area contributed by atoms with Crippen LogP contribution < -0.4 is 10.6 Å². The Morgan fingerprint density at radius 1 is 1.33 bits per heavy atom. The quantitative estimate of drug-likeness (QED) is 0.740. The van der Waals surface area contributed by atoms with E-state index < -0.39 is 11.7 Å². The van der Waals surface area contributed by atoms with Gasteiger partial charge in [0.1, 0.15) is 12.1 Å². The van der Waals surface area contributed by atoms with Crippen LogP contribution in [-0.2, 0) is 9.53 Å². The normalized spacial score (nSPS) is 10.4. The number of alkyl carbamates (subject to hydrolysis) is 1. The van der Waals surface area contributed by atoms with E-state index in [4.69, 9.17) is 4.74 Å². The number of hydrogen-bond donors (Lipinski definition) is 2. The summed E-state index contributed by atoms with van der Waals surface area (Å²) < 4.78 is 4.94. The summed E-state index contributed by atoms with van der Waals surface area (Å²) in [7, 11) is 0. The van der Waals surface area contributed by atoms with Gasteiger partial charge in [0.25, 0.3) is 0 Å². The van der Waals surface area contributed by atoms with Crippen LogP contribution in [0.3, 0.4) is 0 Å². The smallest absolute Gasteiger partial charge is 0.408 e. The lowest BCUT2D eigenvalue weighted by Gasteiger charge is -2.19. The standard InChI is InChI=1S/C10H18N2O3/c1-7(2)12-8(13)6-11-9(14)15-10(3,4)5/h1,6H2,2-5H3,(H,11,14)(H,12,13). The van der Waals surface area contributed by atoms with E-state index in [-0.39, 0.29) is 12.5 Å². The molecule has 0 bridgehead atoms. The molecule has 2 amide bonds. The van der Waals surface area contributed by atoms with Gasteiger partial charge in [-0.05, 0) is 27.7 Å². The molecule has 0 radical (unpaired) electrons. The molecule has 0 fully saturated rings. The molecule has 5 heteroatoms. The van der Waals surface area contributed by atoms with Crippen molar-refractivity contribution in [1.29, 1.82) is 0 Å². The first-order chi connectivity index (χ1) is 6.70. The lowest BCUT2D eigenvalue weighted by molar-refractivity contribution is -0.119. The van der Waals surface area contributed by atoms with Crippen molar-refractivity contribution in [3.05, 3.63) is 12.3 Å². The fraction of sp³-hybridized carbons (Fsp3) is 0.600. The Balaban J connectivity index is 3.82. The molecule has 0 aromatic rings. The van der Waals surface area contributed by atoms with Gasteiger partial charge in [-0.25, -0.2) is 4.79 Å². The average molecular weight is 214 g/mol. The predicted molar refractivity (Wildman–Crippen MR) is 57.2 cm³/mol. The minimum absolute atomic E-state index is 0.123. The maximum absolute atomic E-state index is 11.1. The lowest BCUT2D eigenvalue weighted by atomic mass is 10.2. The molecule has 0 saturated heterocycles. The third-order valence-electron chi connectivity index (χ3n) is 1.14. The Bertz CT molecular complexity index is 266. The third-order valence-corrected chi connectivity index (χ3v) is 1.14. The SMILES string of the molecule is C=C(C)NC(=O)CNC(=O)OC(C)(C)C. The van der Waals surface area contributed by atoms with Crippen LogP contribution in [0, 0.1) is 0 Å². The highest BCUT2D eigenvalue weighted by atomic mass is 16.6. The van der Waals surface area contributed by atoms with Crippen molar-refractivity contribution < 1.29 is 14.3 Å². The molecule has 5 nitrogen and oxygen atoms in total. The largest absolute Gasteiger partial charge is 0.444 e. The number of carbonyl (C=O) groups is 2. The van der Waals surface area contributed by atoms with Crippen molar-refractivity contribution in [1.82, 2.24) is 10.6 Å². The summed E-state index contributed by atoms with van der Waals surface area (Å²) in [5.41, 5.74) is -0.0273. The zero-order valence-electron chi connectivity index (χ0n) is 9.64. The topological polar surface area (TPSA) is 67.4 Å². The molecule has 0 rings (SSSR count). The summed E-state index contributed by atoms with van der Waals surface area (Å²) in [6, 6.07) is 0. The van der Waals surface area contributed by atoms with Gasteiger partial charge < -0.3 is 15.4 Å². The molecule has 0 heterocycles. The Morgan fingerprint density at radius 2 is 1.87 bits per heavy atom. The minimum atomic E-state index is -0.612. The van der Waals surface area contributed by atoms with Crippen molar-refractivity contribution in [3.8, 4) is 0 Å². The van der Waals surface area contributed by atoms with Crippen LogP contribution in [0.4, 0.5) is 4.79 Å². The van der Waals surface area contributed by atoms with E-state index in [9.17, 15) is 9.59 Å². The van der Waals surface area contributed by atoms with Gasteiger partial charge >= 0.3 is 6.09 Å². The Labute approximate surface area is 89.9 Å². The van der Waals surface area contributed by atoms with E-state index in [1.165, 1.54) is 0 Å². The van der Waals surface area contributed by atoms with E-state index in [2.05, 4.69) is 17.2 Å². The molecule has 86 valence electrons. The Morgan fingerprint density at radius 3 is 2.27 bits per heavy atom. The van der Waals surface area contributed by atoms with Crippen LogP contribution in [0.2, 0.25) is 0 Å². The van der Waals surface area contributed by atoms with E-state index in [1.54, 1.807) is 27.7 Å². The first kappa shape index (κ1) is 13.5. The molecule has 15 heavy (non-hydrogen) atoms. The number of nitrogens with one attached hydrogen (secondary N) is 2. The fourth-order valence-corrected chi connectivity index (χ4v) is 0.749. The second-order valence-corrected chi connectivity index (χ2v) is 4.18. The van der Waals surface area contributed by atoms with Crippen molar-refractivity contribution in [3.63, 3.8) is 0 Å². The van der Waals surface area contributed by atoms with Crippen LogP contribution in [-0.4, -0.2) is 24.1 Å². The van der Waals surface area contributed by atoms with Gasteiger partial charge in [0.05, 0.1) is 0 Å². The van der Waals surface area contributed by atoms with Crippen LogP contribution in [0.1, 0.15) is 27.7 Å².